The highest BCUT2D eigenvalue weighted by molar-refractivity contribution is 8.19. The predicted octanol–water partition coefficient (Wildman–Crippen LogP) is 9.66. The molecule has 4 aromatic rings. The van der Waals surface area contributed by atoms with Gasteiger partial charge in [0.15, 0.2) is 16.7 Å². The molecule has 1 heterocycles. The number of nitrogens with zero attached hydrogens (tertiary/aromatic N) is 2. The van der Waals surface area contributed by atoms with Crippen LogP contribution in [0.2, 0.25) is 15.1 Å². The molecule has 0 spiro atoms. The van der Waals surface area contributed by atoms with Crippen LogP contribution < -0.4 is 14.4 Å². The van der Waals surface area contributed by atoms with E-state index in [0.29, 0.717) is 54.6 Å². The second-order valence-corrected chi connectivity index (χ2v) is 11.6. The summed E-state index contributed by atoms with van der Waals surface area (Å²) in [6.07, 6.45) is 1.81. The molecule has 1 aliphatic heterocycles. The Hall–Kier alpha value is -3.42. The van der Waals surface area contributed by atoms with Crippen molar-refractivity contribution in [1.82, 2.24) is 0 Å². The molecule has 1 amide bonds. The SMILES string of the molecule is COc1cc(/C=C2/SC(=Nc3ccc(C)c(Cl)c3)N(c3ccc(C)c(Cl)c3)C2=O)ccc1OCc1ccc(Cl)cc1. The highest BCUT2D eigenvalue weighted by Crippen LogP contribution is 2.39. The van der Waals surface area contributed by atoms with Gasteiger partial charge in [0.1, 0.15) is 6.61 Å². The van der Waals surface area contributed by atoms with Gasteiger partial charge in [0, 0.05) is 15.1 Å². The van der Waals surface area contributed by atoms with E-state index in [4.69, 9.17) is 49.3 Å². The highest BCUT2D eigenvalue weighted by Gasteiger charge is 2.35. The average Bonchev–Trinajstić information content (AvgIpc) is 3.26. The number of methoxy groups -OCH3 is 1. The van der Waals surface area contributed by atoms with Crippen LogP contribution in [0.4, 0.5) is 11.4 Å². The summed E-state index contributed by atoms with van der Waals surface area (Å²) in [6, 6.07) is 24.1. The third-order valence-corrected chi connectivity index (χ3v) is 8.43. The number of carbonyl (C=O) groups is 1. The lowest BCUT2D eigenvalue weighted by Crippen LogP contribution is -2.28. The van der Waals surface area contributed by atoms with E-state index < -0.39 is 0 Å². The van der Waals surface area contributed by atoms with Gasteiger partial charge in [-0.05, 0) is 102 Å². The number of benzene rings is 4. The number of aryl methyl sites for hydroxylation is 2. The third kappa shape index (κ3) is 6.74. The van der Waals surface area contributed by atoms with Crippen molar-refractivity contribution in [2.45, 2.75) is 20.5 Å². The molecule has 4 aromatic carbocycles. The quantitative estimate of drug-likeness (QED) is 0.192. The number of ether oxygens (including phenoxy) is 2. The molecule has 41 heavy (non-hydrogen) atoms. The minimum atomic E-state index is -0.214. The molecule has 0 atom stereocenters. The first kappa shape index (κ1) is 29.1. The molecule has 0 bridgehead atoms. The molecule has 1 saturated heterocycles. The van der Waals surface area contributed by atoms with Crippen LogP contribution in [0.5, 0.6) is 11.5 Å². The van der Waals surface area contributed by atoms with Crippen LogP contribution in [0, 0.1) is 13.8 Å². The van der Waals surface area contributed by atoms with Crippen LogP contribution in [0.3, 0.4) is 0 Å². The minimum absolute atomic E-state index is 0.214. The molecular weight excluding hydrogens is 599 g/mol. The van der Waals surface area contributed by atoms with Crippen molar-refractivity contribution in [1.29, 1.82) is 0 Å². The Bertz CT molecular complexity index is 1690. The van der Waals surface area contributed by atoms with Gasteiger partial charge in [0.2, 0.25) is 0 Å². The summed E-state index contributed by atoms with van der Waals surface area (Å²) in [5, 5.41) is 2.33. The molecule has 9 heteroatoms. The van der Waals surface area contributed by atoms with Crippen molar-refractivity contribution < 1.29 is 14.3 Å². The molecule has 0 aromatic heterocycles. The van der Waals surface area contributed by atoms with Crippen molar-refractivity contribution in [3.8, 4) is 11.5 Å². The summed E-state index contributed by atoms with van der Waals surface area (Å²) in [5.74, 6) is 0.924. The number of thioether (sulfide) groups is 1. The van der Waals surface area contributed by atoms with E-state index in [9.17, 15) is 4.79 Å². The molecule has 1 fully saturated rings. The zero-order chi connectivity index (χ0) is 29.1. The van der Waals surface area contributed by atoms with Gasteiger partial charge in [-0.3, -0.25) is 9.69 Å². The highest BCUT2D eigenvalue weighted by atomic mass is 35.5. The number of anilines is 1. The van der Waals surface area contributed by atoms with E-state index in [1.54, 1.807) is 24.1 Å². The standard InChI is InChI=1S/C32H25Cl3N2O3S/c1-19-4-11-24(16-26(19)34)36-32-37(25-12-5-20(2)27(35)17-25)31(38)30(41-32)15-22-8-13-28(29(14-22)39-3)40-18-21-6-9-23(33)10-7-21/h4-17H,18H2,1-3H3/b30-15+,36-32?. The lowest BCUT2D eigenvalue weighted by molar-refractivity contribution is -0.113. The van der Waals surface area contributed by atoms with Crippen molar-refractivity contribution in [3.05, 3.63) is 121 Å². The molecule has 0 saturated carbocycles. The summed E-state index contributed by atoms with van der Waals surface area (Å²) >= 11 is 20.0. The number of amides is 1. The Morgan fingerprint density at radius 1 is 0.854 bits per heavy atom. The maximum atomic E-state index is 13.8. The van der Waals surface area contributed by atoms with Crippen LogP contribution >= 0.6 is 46.6 Å². The van der Waals surface area contributed by atoms with E-state index in [0.717, 1.165) is 22.3 Å². The first-order valence-corrected chi connectivity index (χ1v) is 14.6. The normalized spacial score (nSPS) is 15.2. The maximum Gasteiger partial charge on any atom is 0.271 e. The monoisotopic (exact) mass is 622 g/mol. The zero-order valence-electron chi connectivity index (χ0n) is 22.5. The molecule has 0 aliphatic carbocycles. The van der Waals surface area contributed by atoms with E-state index in [2.05, 4.69) is 0 Å². The fraction of sp³-hybridized carbons (Fsp3) is 0.125. The van der Waals surface area contributed by atoms with Crippen molar-refractivity contribution >= 4 is 75.1 Å². The fourth-order valence-corrected chi connectivity index (χ4v) is 5.52. The number of hydrogen-bond donors (Lipinski definition) is 0. The number of halogens is 3. The second kappa shape index (κ2) is 12.6. The van der Waals surface area contributed by atoms with Crippen LogP contribution in [0.1, 0.15) is 22.3 Å². The van der Waals surface area contributed by atoms with Gasteiger partial charge in [0.05, 0.1) is 23.4 Å². The van der Waals surface area contributed by atoms with E-state index in [-0.39, 0.29) is 5.91 Å². The molecule has 0 N–H and O–H groups in total. The Balaban J connectivity index is 1.46. The molecule has 208 valence electrons. The number of rotatable bonds is 7. The molecule has 5 rings (SSSR count). The third-order valence-electron chi connectivity index (χ3n) is 6.39. The largest absolute Gasteiger partial charge is 0.493 e. The fourth-order valence-electron chi connectivity index (χ4n) is 4.05. The van der Waals surface area contributed by atoms with Crippen LogP contribution in [0.25, 0.3) is 6.08 Å². The summed E-state index contributed by atoms with van der Waals surface area (Å²) < 4.78 is 11.6. The number of aliphatic imine (C=N–C) groups is 1. The lowest BCUT2D eigenvalue weighted by Gasteiger charge is -2.16. The number of carbonyl (C=O) groups excluding carboxylic acids is 1. The minimum Gasteiger partial charge on any atom is -0.493 e. The predicted molar refractivity (Wildman–Crippen MR) is 171 cm³/mol. The van der Waals surface area contributed by atoms with E-state index in [1.165, 1.54) is 11.8 Å². The molecule has 5 nitrogen and oxygen atoms in total. The van der Waals surface area contributed by atoms with Gasteiger partial charge in [0.25, 0.3) is 5.91 Å². The van der Waals surface area contributed by atoms with E-state index >= 15 is 0 Å². The molecule has 1 aliphatic rings. The van der Waals surface area contributed by atoms with Crippen molar-refractivity contribution in [2.75, 3.05) is 12.0 Å². The lowest BCUT2D eigenvalue weighted by atomic mass is 10.1. The van der Waals surface area contributed by atoms with Gasteiger partial charge in [-0.1, -0.05) is 65.1 Å². The summed E-state index contributed by atoms with van der Waals surface area (Å²) in [7, 11) is 1.58. The topological polar surface area (TPSA) is 51.1 Å². The first-order valence-electron chi connectivity index (χ1n) is 12.6. The zero-order valence-corrected chi connectivity index (χ0v) is 25.5. The van der Waals surface area contributed by atoms with Gasteiger partial charge < -0.3 is 9.47 Å². The van der Waals surface area contributed by atoms with Gasteiger partial charge in [-0.15, -0.1) is 0 Å². The summed E-state index contributed by atoms with van der Waals surface area (Å²) in [5.41, 5.74) is 4.89. The van der Waals surface area contributed by atoms with Gasteiger partial charge >= 0.3 is 0 Å². The maximum absolute atomic E-state index is 13.8. The van der Waals surface area contributed by atoms with Crippen molar-refractivity contribution in [3.63, 3.8) is 0 Å². The number of amidine groups is 1. The molecule has 0 radical (unpaired) electrons. The first-order chi connectivity index (χ1) is 19.7. The average molecular weight is 624 g/mol. The van der Waals surface area contributed by atoms with E-state index in [1.807, 2.05) is 86.7 Å². The Kier molecular flexibility index (Phi) is 8.95. The Morgan fingerprint density at radius 2 is 1.56 bits per heavy atom. The molecular formula is C32H25Cl3N2O3S. The Labute approximate surface area is 258 Å². The van der Waals surface area contributed by atoms with Gasteiger partial charge in [-0.25, -0.2) is 4.99 Å². The van der Waals surface area contributed by atoms with Crippen LogP contribution in [-0.4, -0.2) is 18.2 Å². The van der Waals surface area contributed by atoms with Gasteiger partial charge in [-0.2, -0.15) is 0 Å². The smallest absolute Gasteiger partial charge is 0.271 e. The van der Waals surface area contributed by atoms with Crippen LogP contribution in [-0.2, 0) is 11.4 Å². The summed E-state index contributed by atoms with van der Waals surface area (Å²) in [6.45, 7) is 4.20. The van der Waals surface area contributed by atoms with Crippen molar-refractivity contribution in [2.24, 2.45) is 4.99 Å². The van der Waals surface area contributed by atoms with Crippen LogP contribution in [0.15, 0.2) is 88.8 Å². The Morgan fingerprint density at radius 3 is 2.24 bits per heavy atom. The summed E-state index contributed by atoms with van der Waals surface area (Å²) in [4.78, 5) is 20.6. The number of hydrogen-bond acceptors (Lipinski definition) is 5. The molecule has 0 unspecified atom stereocenters. The second-order valence-electron chi connectivity index (χ2n) is 9.34.